The number of aryl methyl sites for hydroxylation is 2. The summed E-state index contributed by atoms with van der Waals surface area (Å²) in [6.07, 6.45) is 3.76. The van der Waals surface area contributed by atoms with Crippen LogP contribution in [0.1, 0.15) is 34.5 Å². The minimum absolute atomic E-state index is 0.0128. The molecule has 142 valence electrons. The van der Waals surface area contributed by atoms with E-state index in [0.717, 1.165) is 54.4 Å². The quantitative estimate of drug-likeness (QED) is 0.829. The van der Waals surface area contributed by atoms with Crippen LogP contribution in [0.5, 0.6) is 0 Å². The molecule has 6 heteroatoms. The number of carbonyl (C=O) groups is 2. The van der Waals surface area contributed by atoms with E-state index in [4.69, 9.17) is 0 Å². The van der Waals surface area contributed by atoms with E-state index in [-0.39, 0.29) is 11.8 Å². The van der Waals surface area contributed by atoms with Crippen LogP contribution in [0.3, 0.4) is 0 Å². The average molecular weight is 384 g/mol. The maximum Gasteiger partial charge on any atom is 0.253 e. The number of rotatable bonds is 6. The third-order valence-electron chi connectivity index (χ3n) is 4.61. The Morgan fingerprint density at radius 2 is 2.00 bits per heavy atom. The van der Waals surface area contributed by atoms with Crippen molar-refractivity contribution < 1.29 is 9.59 Å². The lowest BCUT2D eigenvalue weighted by Gasteiger charge is -2.26. The van der Waals surface area contributed by atoms with E-state index in [1.165, 1.54) is 0 Å². The number of anilines is 1. The van der Waals surface area contributed by atoms with Crippen molar-refractivity contribution in [2.45, 2.75) is 26.2 Å². The largest absolute Gasteiger partial charge is 0.337 e. The molecule has 2 amide bonds. The Balaban J connectivity index is 1.52. The molecule has 1 N–H and O–H groups in total. The average Bonchev–Trinajstić information content (AvgIpc) is 2.70. The maximum atomic E-state index is 12.6. The summed E-state index contributed by atoms with van der Waals surface area (Å²) in [4.78, 5) is 31.0. The topological polar surface area (TPSA) is 62.3 Å². The molecule has 0 unspecified atom stereocenters. The van der Waals surface area contributed by atoms with E-state index in [1.807, 2.05) is 53.9 Å². The highest BCUT2D eigenvalue weighted by molar-refractivity contribution is 7.99. The van der Waals surface area contributed by atoms with Crippen LogP contribution in [0, 0.1) is 6.92 Å². The second-order valence-electron chi connectivity index (χ2n) is 6.66. The van der Waals surface area contributed by atoms with Crippen LogP contribution in [0.15, 0.2) is 42.6 Å². The zero-order valence-electron chi connectivity index (χ0n) is 15.6. The molecule has 1 saturated heterocycles. The van der Waals surface area contributed by atoms with Crippen LogP contribution in [-0.2, 0) is 11.2 Å². The fourth-order valence-electron chi connectivity index (χ4n) is 3.07. The number of aromatic nitrogens is 1. The Morgan fingerprint density at radius 3 is 2.70 bits per heavy atom. The van der Waals surface area contributed by atoms with Crippen molar-refractivity contribution in [3.05, 3.63) is 59.4 Å². The molecule has 1 aromatic heterocycles. The summed E-state index contributed by atoms with van der Waals surface area (Å²) in [7, 11) is 0. The van der Waals surface area contributed by atoms with Gasteiger partial charge in [0.1, 0.15) is 0 Å². The lowest BCUT2D eigenvalue weighted by atomic mass is 10.1. The predicted octanol–water partition coefficient (Wildman–Crippen LogP) is 3.54. The monoisotopic (exact) mass is 383 g/mol. The van der Waals surface area contributed by atoms with E-state index in [2.05, 4.69) is 10.3 Å². The van der Waals surface area contributed by atoms with E-state index in [0.29, 0.717) is 12.0 Å². The molecule has 0 saturated carbocycles. The predicted molar refractivity (Wildman–Crippen MR) is 110 cm³/mol. The molecule has 0 radical (unpaired) electrons. The molecule has 0 aliphatic carbocycles. The van der Waals surface area contributed by atoms with Crippen LogP contribution in [-0.4, -0.2) is 46.3 Å². The number of amides is 2. The lowest BCUT2D eigenvalue weighted by molar-refractivity contribution is -0.116. The van der Waals surface area contributed by atoms with Crippen molar-refractivity contribution in [1.82, 2.24) is 9.88 Å². The van der Waals surface area contributed by atoms with Crippen LogP contribution in [0.25, 0.3) is 0 Å². The van der Waals surface area contributed by atoms with Gasteiger partial charge in [0, 0.05) is 54.2 Å². The second-order valence-corrected chi connectivity index (χ2v) is 7.88. The minimum atomic E-state index is -0.0128. The molecule has 0 atom stereocenters. The fourth-order valence-corrected chi connectivity index (χ4v) is 3.98. The standard InChI is InChI=1S/C21H25N3O2S/c1-16-15-17(21(26)24-11-13-27-14-12-24)8-9-19(16)23-20(25)7-4-6-18-5-2-3-10-22-18/h2-3,5,8-10,15H,4,6-7,11-14H2,1H3,(H,23,25). The smallest absolute Gasteiger partial charge is 0.253 e. The van der Waals surface area contributed by atoms with Gasteiger partial charge in [0.05, 0.1) is 0 Å². The first kappa shape index (κ1) is 19.4. The van der Waals surface area contributed by atoms with Gasteiger partial charge in [-0.25, -0.2) is 0 Å². The molecular weight excluding hydrogens is 358 g/mol. The molecule has 2 aromatic rings. The molecule has 5 nitrogen and oxygen atoms in total. The Bertz CT molecular complexity index is 789. The Hall–Kier alpha value is -2.34. The summed E-state index contributed by atoms with van der Waals surface area (Å²) in [5, 5.41) is 2.95. The Morgan fingerprint density at radius 1 is 1.19 bits per heavy atom. The number of pyridine rings is 1. The molecular formula is C21H25N3O2S. The van der Waals surface area contributed by atoms with Crippen molar-refractivity contribution in [1.29, 1.82) is 0 Å². The van der Waals surface area contributed by atoms with Gasteiger partial charge in [-0.05, 0) is 55.7 Å². The van der Waals surface area contributed by atoms with Crippen LogP contribution < -0.4 is 5.32 Å². The van der Waals surface area contributed by atoms with Gasteiger partial charge in [0.25, 0.3) is 5.91 Å². The van der Waals surface area contributed by atoms with Crippen molar-refractivity contribution in [3.63, 3.8) is 0 Å². The highest BCUT2D eigenvalue weighted by Crippen LogP contribution is 2.20. The maximum absolute atomic E-state index is 12.6. The summed E-state index contributed by atoms with van der Waals surface area (Å²) in [5.74, 6) is 2.06. The number of nitrogens with zero attached hydrogens (tertiary/aromatic N) is 2. The summed E-state index contributed by atoms with van der Waals surface area (Å²) in [5.41, 5.74) is 3.36. The number of thioether (sulfide) groups is 1. The number of nitrogens with one attached hydrogen (secondary N) is 1. The molecule has 0 spiro atoms. The van der Waals surface area contributed by atoms with Crippen molar-refractivity contribution in [2.24, 2.45) is 0 Å². The zero-order valence-corrected chi connectivity index (χ0v) is 16.4. The highest BCUT2D eigenvalue weighted by atomic mass is 32.2. The Labute approximate surface area is 164 Å². The van der Waals surface area contributed by atoms with Crippen molar-refractivity contribution in [3.8, 4) is 0 Å². The second kappa shape index (κ2) is 9.55. The first-order valence-electron chi connectivity index (χ1n) is 9.31. The van der Waals surface area contributed by atoms with Crippen LogP contribution >= 0.6 is 11.8 Å². The molecule has 1 aromatic carbocycles. The summed E-state index contributed by atoms with van der Waals surface area (Å²) in [6.45, 7) is 3.53. The molecule has 2 heterocycles. The fraction of sp³-hybridized carbons (Fsp3) is 0.381. The first-order chi connectivity index (χ1) is 13.1. The normalized spacial score (nSPS) is 14.0. The van der Waals surface area contributed by atoms with E-state index < -0.39 is 0 Å². The molecule has 1 aliphatic rings. The van der Waals surface area contributed by atoms with Gasteiger partial charge in [-0.2, -0.15) is 11.8 Å². The molecule has 0 bridgehead atoms. The summed E-state index contributed by atoms with van der Waals surface area (Å²) < 4.78 is 0. The van der Waals surface area contributed by atoms with Crippen molar-refractivity contribution >= 4 is 29.3 Å². The highest BCUT2D eigenvalue weighted by Gasteiger charge is 2.19. The van der Waals surface area contributed by atoms with Gasteiger partial charge in [0.2, 0.25) is 5.91 Å². The number of hydrogen-bond acceptors (Lipinski definition) is 4. The number of hydrogen-bond donors (Lipinski definition) is 1. The van der Waals surface area contributed by atoms with E-state index in [9.17, 15) is 9.59 Å². The summed E-state index contributed by atoms with van der Waals surface area (Å²) in [6, 6.07) is 11.3. The minimum Gasteiger partial charge on any atom is -0.337 e. The zero-order chi connectivity index (χ0) is 19.1. The third-order valence-corrected chi connectivity index (χ3v) is 5.55. The van der Waals surface area contributed by atoms with E-state index >= 15 is 0 Å². The van der Waals surface area contributed by atoms with Gasteiger partial charge in [0.15, 0.2) is 0 Å². The van der Waals surface area contributed by atoms with Gasteiger partial charge in [-0.1, -0.05) is 6.07 Å². The lowest BCUT2D eigenvalue weighted by Crippen LogP contribution is -2.37. The van der Waals surface area contributed by atoms with Crippen LogP contribution in [0.4, 0.5) is 5.69 Å². The van der Waals surface area contributed by atoms with E-state index in [1.54, 1.807) is 12.3 Å². The SMILES string of the molecule is Cc1cc(C(=O)N2CCSCC2)ccc1NC(=O)CCCc1ccccn1. The van der Waals surface area contributed by atoms with Gasteiger partial charge >= 0.3 is 0 Å². The summed E-state index contributed by atoms with van der Waals surface area (Å²) >= 11 is 1.88. The molecule has 27 heavy (non-hydrogen) atoms. The first-order valence-corrected chi connectivity index (χ1v) is 10.5. The molecule has 1 aliphatic heterocycles. The van der Waals surface area contributed by atoms with Crippen molar-refractivity contribution in [2.75, 3.05) is 29.9 Å². The van der Waals surface area contributed by atoms with Crippen LogP contribution in [0.2, 0.25) is 0 Å². The van der Waals surface area contributed by atoms with Gasteiger partial charge < -0.3 is 10.2 Å². The molecule has 1 fully saturated rings. The molecule has 3 rings (SSSR count). The third kappa shape index (κ3) is 5.57. The number of benzene rings is 1. The Kier molecular flexibility index (Phi) is 6.87. The van der Waals surface area contributed by atoms with Gasteiger partial charge in [-0.3, -0.25) is 14.6 Å². The number of carbonyl (C=O) groups excluding carboxylic acids is 2. The van der Waals surface area contributed by atoms with Gasteiger partial charge in [-0.15, -0.1) is 0 Å².